The summed E-state index contributed by atoms with van der Waals surface area (Å²) in [5.41, 5.74) is 0.787. The van der Waals surface area contributed by atoms with Gasteiger partial charge in [-0.3, -0.25) is 0 Å². The fourth-order valence-corrected chi connectivity index (χ4v) is 2.53. The van der Waals surface area contributed by atoms with E-state index in [2.05, 4.69) is 27.4 Å². The Morgan fingerprint density at radius 2 is 2.29 bits per heavy atom. The number of hydrogen-bond donors (Lipinski definition) is 1. The second-order valence-corrected chi connectivity index (χ2v) is 5.74. The first kappa shape index (κ1) is 14.0. The highest BCUT2D eigenvalue weighted by atomic mass is 32.1. The van der Waals surface area contributed by atoms with Crippen LogP contribution in [0.25, 0.3) is 10.8 Å². The first-order chi connectivity index (χ1) is 10.2. The van der Waals surface area contributed by atoms with Gasteiger partial charge in [-0.25, -0.2) is 4.98 Å². The molecule has 7 heteroatoms. The molecule has 1 unspecified atom stereocenters. The fraction of sp³-hybridized carbons (Fsp3) is 0.357. The van der Waals surface area contributed by atoms with Gasteiger partial charge in [0.2, 0.25) is 11.8 Å². The summed E-state index contributed by atoms with van der Waals surface area (Å²) < 4.78 is 10.7. The van der Waals surface area contributed by atoms with E-state index < -0.39 is 0 Å². The van der Waals surface area contributed by atoms with E-state index in [-0.39, 0.29) is 0 Å². The number of thiophene rings is 1. The largest absolute Gasteiger partial charge is 0.444 e. The number of oxazole rings is 1. The van der Waals surface area contributed by atoms with Crippen LogP contribution in [-0.2, 0) is 12.8 Å². The summed E-state index contributed by atoms with van der Waals surface area (Å²) in [6.07, 6.45) is 2.85. The molecule has 3 aromatic rings. The lowest BCUT2D eigenvalue weighted by Crippen LogP contribution is -2.24. The van der Waals surface area contributed by atoms with Crippen molar-refractivity contribution >= 4 is 11.3 Å². The number of nitrogens with one attached hydrogen (secondary N) is 1. The smallest absolute Gasteiger partial charge is 0.236 e. The lowest BCUT2D eigenvalue weighted by atomic mass is 10.2. The highest BCUT2D eigenvalue weighted by molar-refractivity contribution is 7.13. The molecule has 21 heavy (non-hydrogen) atoms. The van der Waals surface area contributed by atoms with Crippen molar-refractivity contribution in [1.29, 1.82) is 0 Å². The second kappa shape index (κ2) is 6.19. The molecule has 1 atom stereocenters. The van der Waals surface area contributed by atoms with Crippen LogP contribution in [-0.4, -0.2) is 28.2 Å². The van der Waals surface area contributed by atoms with Gasteiger partial charge < -0.3 is 14.3 Å². The Labute approximate surface area is 126 Å². The van der Waals surface area contributed by atoms with Crippen molar-refractivity contribution in [2.24, 2.45) is 0 Å². The fourth-order valence-electron chi connectivity index (χ4n) is 1.88. The van der Waals surface area contributed by atoms with Gasteiger partial charge in [0.05, 0.1) is 17.0 Å². The zero-order valence-corrected chi connectivity index (χ0v) is 12.7. The lowest BCUT2D eigenvalue weighted by molar-refractivity contribution is 0.376. The Morgan fingerprint density at radius 1 is 1.38 bits per heavy atom. The molecule has 0 bridgehead atoms. The van der Waals surface area contributed by atoms with Gasteiger partial charge in [-0.15, -0.1) is 11.3 Å². The van der Waals surface area contributed by atoms with E-state index in [0.717, 1.165) is 17.0 Å². The van der Waals surface area contributed by atoms with Crippen LogP contribution in [0.2, 0.25) is 0 Å². The van der Waals surface area contributed by atoms with E-state index in [1.54, 1.807) is 17.6 Å². The molecule has 110 valence electrons. The molecule has 0 aliphatic rings. The van der Waals surface area contributed by atoms with Gasteiger partial charge >= 0.3 is 0 Å². The Morgan fingerprint density at radius 3 is 3.05 bits per heavy atom. The molecule has 1 N–H and O–H groups in total. The summed E-state index contributed by atoms with van der Waals surface area (Å²) in [5.74, 6) is 1.89. The minimum atomic E-state index is 0.313. The molecular formula is C14H16N4O2S. The predicted octanol–water partition coefficient (Wildman–Crippen LogP) is 2.53. The number of likely N-dealkylation sites (N-methyl/N-ethyl adjacent to an activating group) is 1. The third-order valence-electron chi connectivity index (χ3n) is 3.11. The lowest BCUT2D eigenvalue weighted by Gasteiger charge is -2.04. The van der Waals surface area contributed by atoms with Crippen molar-refractivity contribution in [2.75, 3.05) is 7.05 Å². The van der Waals surface area contributed by atoms with Gasteiger partial charge in [0.25, 0.3) is 0 Å². The van der Waals surface area contributed by atoms with Crippen LogP contribution in [0.3, 0.4) is 0 Å². The summed E-state index contributed by atoms with van der Waals surface area (Å²) >= 11 is 1.59. The minimum absolute atomic E-state index is 0.313. The van der Waals surface area contributed by atoms with Crippen LogP contribution >= 0.6 is 11.3 Å². The number of rotatable bonds is 6. The number of hydrogen-bond acceptors (Lipinski definition) is 7. The van der Waals surface area contributed by atoms with E-state index >= 15 is 0 Å². The number of nitrogens with zero attached hydrogens (tertiary/aromatic N) is 3. The highest BCUT2D eigenvalue weighted by Crippen LogP contribution is 2.24. The van der Waals surface area contributed by atoms with Gasteiger partial charge in [0.15, 0.2) is 5.82 Å². The number of aromatic nitrogens is 3. The standard InChI is InChI=1S/C14H16N4O2S/c1-9(15-2)6-12-17-13(20-18-12)7-10-8-19-14(16-10)11-4-3-5-21-11/h3-5,8-9,15H,6-7H2,1-2H3. The van der Waals surface area contributed by atoms with E-state index in [1.165, 1.54) is 0 Å². The van der Waals surface area contributed by atoms with Crippen LogP contribution in [0, 0.1) is 0 Å². The molecule has 6 nitrogen and oxygen atoms in total. The average Bonchev–Trinajstić information content (AvgIpc) is 3.19. The van der Waals surface area contributed by atoms with Crippen molar-refractivity contribution < 1.29 is 8.94 Å². The maximum absolute atomic E-state index is 5.47. The molecule has 0 aromatic carbocycles. The third-order valence-corrected chi connectivity index (χ3v) is 3.97. The second-order valence-electron chi connectivity index (χ2n) is 4.80. The van der Waals surface area contributed by atoms with Gasteiger partial charge in [0.1, 0.15) is 6.26 Å². The Balaban J connectivity index is 1.67. The molecule has 0 spiro atoms. The molecule has 0 aliphatic carbocycles. The van der Waals surface area contributed by atoms with Crippen LogP contribution in [0.15, 0.2) is 32.7 Å². The van der Waals surface area contributed by atoms with Gasteiger partial charge in [-0.05, 0) is 25.4 Å². The molecule has 0 saturated carbocycles. The molecule has 0 aliphatic heterocycles. The van der Waals surface area contributed by atoms with Gasteiger partial charge in [-0.2, -0.15) is 4.98 Å². The normalized spacial score (nSPS) is 12.7. The SMILES string of the molecule is CNC(C)Cc1noc(Cc2coc(-c3cccs3)n2)n1. The van der Waals surface area contributed by atoms with E-state index in [1.807, 2.05) is 24.6 Å². The maximum atomic E-state index is 5.47. The average molecular weight is 304 g/mol. The Bertz CT molecular complexity index is 689. The molecule has 0 amide bonds. The van der Waals surface area contributed by atoms with Crippen LogP contribution in [0.5, 0.6) is 0 Å². The van der Waals surface area contributed by atoms with E-state index in [9.17, 15) is 0 Å². The molecule has 0 radical (unpaired) electrons. The maximum Gasteiger partial charge on any atom is 0.236 e. The van der Waals surface area contributed by atoms with Crippen LogP contribution in [0.4, 0.5) is 0 Å². The molecule has 3 heterocycles. The first-order valence-electron chi connectivity index (χ1n) is 6.71. The van der Waals surface area contributed by atoms with Crippen LogP contribution in [0.1, 0.15) is 24.3 Å². The van der Waals surface area contributed by atoms with Crippen molar-refractivity contribution in [3.63, 3.8) is 0 Å². The third kappa shape index (κ3) is 3.37. The summed E-state index contributed by atoms with van der Waals surface area (Å²) in [4.78, 5) is 9.82. The molecule has 0 saturated heterocycles. The zero-order chi connectivity index (χ0) is 14.7. The van der Waals surface area contributed by atoms with Crippen molar-refractivity contribution in [3.8, 4) is 10.8 Å². The van der Waals surface area contributed by atoms with Gasteiger partial charge in [-0.1, -0.05) is 11.2 Å². The Hall–Kier alpha value is -1.99. The Kier molecular flexibility index (Phi) is 4.12. The van der Waals surface area contributed by atoms with Crippen molar-refractivity contribution in [2.45, 2.75) is 25.8 Å². The quantitative estimate of drug-likeness (QED) is 0.754. The first-order valence-corrected chi connectivity index (χ1v) is 7.59. The summed E-state index contributed by atoms with van der Waals surface area (Å²) in [5, 5.41) is 9.11. The molecule has 3 aromatic heterocycles. The molecular weight excluding hydrogens is 288 g/mol. The summed E-state index contributed by atoms with van der Waals surface area (Å²) in [6.45, 7) is 2.07. The van der Waals surface area contributed by atoms with Crippen LogP contribution < -0.4 is 5.32 Å². The summed E-state index contributed by atoms with van der Waals surface area (Å²) in [6, 6.07) is 4.26. The molecule has 0 fully saturated rings. The van der Waals surface area contributed by atoms with Crippen molar-refractivity contribution in [1.82, 2.24) is 20.4 Å². The van der Waals surface area contributed by atoms with E-state index in [0.29, 0.717) is 30.1 Å². The highest BCUT2D eigenvalue weighted by Gasteiger charge is 2.13. The molecule has 3 rings (SSSR count). The zero-order valence-electron chi connectivity index (χ0n) is 11.9. The van der Waals surface area contributed by atoms with Gasteiger partial charge in [0, 0.05) is 12.5 Å². The summed E-state index contributed by atoms with van der Waals surface area (Å²) in [7, 11) is 1.91. The topological polar surface area (TPSA) is 77.0 Å². The van der Waals surface area contributed by atoms with E-state index in [4.69, 9.17) is 8.94 Å². The van der Waals surface area contributed by atoms with Crippen molar-refractivity contribution in [3.05, 3.63) is 41.2 Å². The minimum Gasteiger partial charge on any atom is -0.444 e. The predicted molar refractivity (Wildman–Crippen MR) is 79.1 cm³/mol. The monoisotopic (exact) mass is 304 g/mol.